The SMILES string of the molecule is Cc1ccc(N(c2ccc(C)cc2)c2cnc3c(c2)c2cc(C)ccc2n3C23CCC(c4ccc(-c5cncc6c(C)ccnc56)cc4)(CC2)C3)cc1. The Morgan fingerprint density at radius 2 is 1.26 bits per heavy atom. The van der Waals surface area contributed by atoms with E-state index in [9.17, 15) is 0 Å². The minimum atomic E-state index is 0.0248. The Hall–Kier alpha value is -5.81. The Balaban J connectivity index is 1.05. The molecule has 53 heavy (non-hydrogen) atoms. The van der Waals surface area contributed by atoms with E-state index >= 15 is 0 Å². The Morgan fingerprint density at radius 1 is 0.585 bits per heavy atom. The van der Waals surface area contributed by atoms with Crippen LogP contribution in [0.15, 0.2) is 128 Å². The summed E-state index contributed by atoms with van der Waals surface area (Å²) in [5, 5.41) is 3.63. The van der Waals surface area contributed by atoms with Crippen molar-refractivity contribution in [2.24, 2.45) is 0 Å². The van der Waals surface area contributed by atoms with Crippen LogP contribution in [0.5, 0.6) is 0 Å². The van der Waals surface area contributed by atoms with E-state index < -0.39 is 0 Å². The number of fused-ring (bicyclic) bond motifs is 6. The van der Waals surface area contributed by atoms with Crippen LogP contribution in [0.2, 0.25) is 0 Å². The van der Waals surface area contributed by atoms with Crippen LogP contribution in [0.4, 0.5) is 17.1 Å². The molecule has 0 saturated heterocycles. The fourth-order valence-electron chi connectivity index (χ4n) is 9.72. The highest BCUT2D eigenvalue weighted by molar-refractivity contribution is 6.08. The molecule has 2 saturated carbocycles. The number of nitrogens with zero attached hydrogens (tertiary/aromatic N) is 5. The molecule has 0 radical (unpaired) electrons. The Labute approximate surface area is 311 Å². The Kier molecular flexibility index (Phi) is 7.13. The molecule has 10 rings (SSSR count). The minimum absolute atomic E-state index is 0.0248. The van der Waals surface area contributed by atoms with Gasteiger partial charge >= 0.3 is 0 Å². The van der Waals surface area contributed by atoms with Crippen molar-refractivity contribution in [1.29, 1.82) is 0 Å². The molecular formula is C48H43N5. The molecule has 4 heterocycles. The predicted octanol–water partition coefficient (Wildman–Crippen LogP) is 12.1. The van der Waals surface area contributed by atoms with Crippen molar-refractivity contribution in [1.82, 2.24) is 19.5 Å². The van der Waals surface area contributed by atoms with Crippen molar-refractivity contribution >= 4 is 49.9 Å². The number of aryl methyl sites for hydroxylation is 4. The van der Waals surface area contributed by atoms with Crippen molar-refractivity contribution in [2.75, 3.05) is 4.90 Å². The lowest BCUT2D eigenvalue weighted by Gasteiger charge is -2.31. The van der Waals surface area contributed by atoms with E-state index in [2.05, 4.69) is 151 Å². The van der Waals surface area contributed by atoms with Crippen LogP contribution in [0, 0.1) is 27.7 Å². The van der Waals surface area contributed by atoms with Gasteiger partial charge in [-0.3, -0.25) is 9.97 Å². The number of rotatable bonds is 6. The quantitative estimate of drug-likeness (QED) is 0.174. The molecule has 4 aromatic heterocycles. The summed E-state index contributed by atoms with van der Waals surface area (Å²) in [4.78, 5) is 17.1. The number of benzene rings is 4. The number of hydrogen-bond donors (Lipinski definition) is 0. The monoisotopic (exact) mass is 689 g/mol. The van der Waals surface area contributed by atoms with Crippen LogP contribution < -0.4 is 4.90 Å². The van der Waals surface area contributed by atoms with Gasteiger partial charge in [-0.05, 0) is 130 Å². The van der Waals surface area contributed by atoms with Crippen molar-refractivity contribution in [3.63, 3.8) is 0 Å². The van der Waals surface area contributed by atoms with Gasteiger partial charge in [0.05, 0.1) is 22.9 Å². The summed E-state index contributed by atoms with van der Waals surface area (Å²) >= 11 is 0. The fourth-order valence-corrected chi connectivity index (χ4v) is 9.72. The van der Waals surface area contributed by atoms with Gasteiger partial charge in [0.15, 0.2) is 0 Å². The summed E-state index contributed by atoms with van der Waals surface area (Å²) < 4.78 is 2.65. The third kappa shape index (κ3) is 5.01. The van der Waals surface area contributed by atoms with Crippen molar-refractivity contribution in [2.45, 2.75) is 70.8 Å². The first-order valence-corrected chi connectivity index (χ1v) is 19.0. The maximum atomic E-state index is 5.39. The van der Waals surface area contributed by atoms with Crippen molar-refractivity contribution < 1.29 is 0 Å². The smallest absolute Gasteiger partial charge is 0.141 e. The Bertz CT molecular complexity index is 2630. The zero-order chi connectivity index (χ0) is 35.9. The van der Waals surface area contributed by atoms with Gasteiger partial charge in [-0.2, -0.15) is 0 Å². The largest absolute Gasteiger partial charge is 0.319 e. The van der Waals surface area contributed by atoms with Gasteiger partial charge in [-0.25, -0.2) is 4.98 Å². The molecule has 2 aliphatic carbocycles. The molecule has 0 spiro atoms. The van der Waals surface area contributed by atoms with E-state index in [1.54, 1.807) is 0 Å². The van der Waals surface area contributed by atoms with Crippen LogP contribution in [0.1, 0.15) is 59.9 Å². The second-order valence-corrected chi connectivity index (χ2v) is 15.9. The molecule has 0 amide bonds. The highest BCUT2D eigenvalue weighted by Gasteiger charge is 2.56. The van der Waals surface area contributed by atoms with E-state index in [1.807, 2.05) is 18.6 Å². The molecule has 0 aliphatic heterocycles. The molecule has 2 fully saturated rings. The van der Waals surface area contributed by atoms with Crippen molar-refractivity contribution in [3.8, 4) is 11.1 Å². The maximum Gasteiger partial charge on any atom is 0.141 e. The molecule has 0 N–H and O–H groups in total. The first kappa shape index (κ1) is 31.9. The third-order valence-corrected chi connectivity index (χ3v) is 12.5. The summed E-state index contributed by atoms with van der Waals surface area (Å²) in [6.45, 7) is 8.61. The molecular weight excluding hydrogens is 647 g/mol. The number of anilines is 3. The fraction of sp³-hybridized carbons (Fsp3) is 0.229. The van der Waals surface area contributed by atoms with E-state index in [0.29, 0.717) is 0 Å². The lowest BCUT2D eigenvalue weighted by atomic mass is 9.77. The zero-order valence-electron chi connectivity index (χ0n) is 30.9. The third-order valence-electron chi connectivity index (χ3n) is 12.5. The van der Waals surface area contributed by atoms with Gasteiger partial charge in [0.25, 0.3) is 0 Å². The number of hydrogen-bond acceptors (Lipinski definition) is 4. The predicted molar refractivity (Wildman–Crippen MR) is 219 cm³/mol. The Morgan fingerprint density at radius 3 is 1.96 bits per heavy atom. The molecule has 4 aromatic carbocycles. The lowest BCUT2D eigenvalue weighted by molar-refractivity contribution is 0.305. The van der Waals surface area contributed by atoms with Gasteiger partial charge in [0.1, 0.15) is 5.65 Å². The normalized spacial score (nSPS) is 19.5. The summed E-state index contributed by atoms with van der Waals surface area (Å²) in [6.07, 6.45) is 13.7. The summed E-state index contributed by atoms with van der Waals surface area (Å²) in [7, 11) is 0. The first-order chi connectivity index (χ1) is 25.8. The van der Waals surface area contributed by atoms with Crippen LogP contribution in [-0.4, -0.2) is 19.5 Å². The molecule has 0 unspecified atom stereocenters. The van der Waals surface area contributed by atoms with Gasteiger partial charge < -0.3 is 9.47 Å². The van der Waals surface area contributed by atoms with E-state index in [-0.39, 0.29) is 11.0 Å². The second-order valence-electron chi connectivity index (χ2n) is 15.9. The summed E-state index contributed by atoms with van der Waals surface area (Å²) in [6, 6.07) is 38.4. The molecule has 5 nitrogen and oxygen atoms in total. The average Bonchev–Trinajstić information content (AvgIpc) is 3.86. The van der Waals surface area contributed by atoms with Gasteiger partial charge in [0, 0.05) is 57.2 Å². The molecule has 2 aliphatic rings. The first-order valence-electron chi connectivity index (χ1n) is 19.0. The zero-order valence-corrected chi connectivity index (χ0v) is 30.9. The molecule has 260 valence electrons. The van der Waals surface area contributed by atoms with Gasteiger partial charge in [0.2, 0.25) is 0 Å². The van der Waals surface area contributed by atoms with E-state index in [4.69, 9.17) is 9.97 Å². The average molecular weight is 690 g/mol. The maximum absolute atomic E-state index is 5.39. The molecule has 5 heteroatoms. The summed E-state index contributed by atoms with van der Waals surface area (Å²) in [5.74, 6) is 0. The topological polar surface area (TPSA) is 46.8 Å². The molecule has 0 atom stereocenters. The van der Waals surface area contributed by atoms with E-state index in [0.717, 1.165) is 58.4 Å². The van der Waals surface area contributed by atoms with Crippen LogP contribution >= 0.6 is 0 Å². The molecule has 8 aromatic rings. The lowest BCUT2D eigenvalue weighted by Crippen LogP contribution is -2.28. The van der Waals surface area contributed by atoms with E-state index in [1.165, 1.54) is 62.5 Å². The van der Waals surface area contributed by atoms with Gasteiger partial charge in [-0.1, -0.05) is 71.3 Å². The highest BCUT2D eigenvalue weighted by atomic mass is 15.2. The standard InChI is InChI=1S/C48H43N5/c1-31-5-14-37(15-6-31)52(38-16-7-32(2)8-17-38)39-26-41-40-25-33(3)9-18-44(40)53(46(41)51-27-39)48-22-20-47(30-48,21-23-48)36-12-10-35(11-13-36)43-29-49-28-42-34(4)19-24-50-45(42)43/h5-19,24-29H,20-23,30H2,1-4H3. The van der Waals surface area contributed by atoms with Crippen LogP contribution in [-0.2, 0) is 11.0 Å². The highest BCUT2D eigenvalue weighted by Crippen LogP contribution is 2.62. The summed E-state index contributed by atoms with van der Waals surface area (Å²) in [5.41, 5.74) is 15.6. The van der Waals surface area contributed by atoms with Crippen molar-refractivity contribution in [3.05, 3.63) is 156 Å². The molecule has 2 bridgehead atoms. The van der Waals surface area contributed by atoms with Gasteiger partial charge in [-0.15, -0.1) is 0 Å². The van der Waals surface area contributed by atoms with Crippen LogP contribution in [0.3, 0.4) is 0 Å². The second kappa shape index (κ2) is 11.9. The number of aromatic nitrogens is 4. The number of pyridine rings is 3. The minimum Gasteiger partial charge on any atom is -0.319 e. The van der Waals surface area contributed by atoms with Crippen LogP contribution in [0.25, 0.3) is 44.0 Å².